The van der Waals surface area contributed by atoms with Crippen molar-refractivity contribution in [3.63, 3.8) is 0 Å². The molecule has 0 radical (unpaired) electrons. The second-order valence-corrected chi connectivity index (χ2v) is 6.61. The normalized spacial score (nSPS) is 11.0. The zero-order valence-electron chi connectivity index (χ0n) is 15.8. The average molecular weight is 374 g/mol. The Morgan fingerprint density at radius 3 is 2.14 bits per heavy atom. The van der Waals surface area contributed by atoms with E-state index >= 15 is 0 Å². The van der Waals surface area contributed by atoms with Gasteiger partial charge in [0.25, 0.3) is 0 Å². The number of carbonyl (C=O) groups excluding carboxylic acids is 2. The van der Waals surface area contributed by atoms with E-state index in [2.05, 4.69) is 10.6 Å². The Morgan fingerprint density at radius 2 is 1.50 bits per heavy atom. The highest BCUT2D eigenvalue weighted by Crippen LogP contribution is 2.22. The van der Waals surface area contributed by atoms with Gasteiger partial charge in [-0.25, -0.2) is 0 Å². The Hall–Kier alpha value is -3.60. The summed E-state index contributed by atoms with van der Waals surface area (Å²) < 4.78 is 5.74. The van der Waals surface area contributed by atoms with Gasteiger partial charge in [-0.2, -0.15) is 0 Å². The molecule has 3 aromatic rings. The second-order valence-electron chi connectivity index (χ2n) is 6.61. The smallest absolute Gasteiger partial charge is 0.248 e. The van der Waals surface area contributed by atoms with Crippen LogP contribution < -0.4 is 10.6 Å². The van der Waals surface area contributed by atoms with Gasteiger partial charge in [-0.3, -0.25) is 9.59 Å². The van der Waals surface area contributed by atoms with Crippen molar-refractivity contribution in [2.45, 2.75) is 13.8 Å². The molecular formula is C23H22N2O3. The van der Waals surface area contributed by atoms with Crippen molar-refractivity contribution in [1.29, 1.82) is 0 Å². The average Bonchev–Trinajstić information content (AvgIpc) is 3.17. The molecule has 0 bridgehead atoms. The van der Waals surface area contributed by atoms with Crippen molar-refractivity contribution in [2.24, 2.45) is 5.92 Å². The fourth-order valence-electron chi connectivity index (χ4n) is 2.47. The molecule has 5 heteroatoms. The number of hydrogen-bond donors (Lipinski definition) is 2. The first-order chi connectivity index (χ1) is 13.5. The van der Waals surface area contributed by atoms with Crippen LogP contribution >= 0.6 is 0 Å². The van der Waals surface area contributed by atoms with Crippen molar-refractivity contribution in [1.82, 2.24) is 0 Å². The Bertz CT molecular complexity index is 971. The molecule has 0 unspecified atom stereocenters. The minimum absolute atomic E-state index is 0.0481. The van der Waals surface area contributed by atoms with E-state index in [-0.39, 0.29) is 17.7 Å². The molecule has 0 fully saturated rings. The Labute approximate surface area is 164 Å². The van der Waals surface area contributed by atoms with Gasteiger partial charge in [-0.1, -0.05) is 44.2 Å². The van der Waals surface area contributed by atoms with Crippen LogP contribution in [0.15, 0.2) is 77.2 Å². The van der Waals surface area contributed by atoms with Gasteiger partial charge < -0.3 is 15.1 Å². The van der Waals surface area contributed by atoms with Crippen LogP contribution in [0.4, 0.5) is 11.4 Å². The van der Waals surface area contributed by atoms with Crippen LogP contribution in [0.5, 0.6) is 0 Å². The summed E-state index contributed by atoms with van der Waals surface area (Å²) in [5.41, 5.74) is 2.31. The predicted octanol–water partition coefficient (Wildman–Crippen LogP) is 5.19. The van der Waals surface area contributed by atoms with E-state index < -0.39 is 0 Å². The molecule has 0 spiro atoms. The minimum Gasteiger partial charge on any atom is -0.457 e. The van der Waals surface area contributed by atoms with Gasteiger partial charge in [-0.05, 0) is 42.5 Å². The molecule has 142 valence electrons. The summed E-state index contributed by atoms with van der Waals surface area (Å²) in [5.74, 6) is 0.943. The fourth-order valence-corrected chi connectivity index (χ4v) is 2.47. The number of rotatable bonds is 6. The quantitative estimate of drug-likeness (QED) is 0.583. The Kier molecular flexibility index (Phi) is 6.07. The molecule has 1 aromatic heterocycles. The summed E-state index contributed by atoms with van der Waals surface area (Å²) in [7, 11) is 0. The van der Waals surface area contributed by atoms with E-state index in [1.54, 1.807) is 30.3 Å². The summed E-state index contributed by atoms with van der Waals surface area (Å²) in [6.45, 7) is 3.66. The maximum Gasteiger partial charge on any atom is 0.248 e. The van der Waals surface area contributed by atoms with E-state index in [0.717, 1.165) is 11.3 Å². The molecule has 0 atom stereocenters. The lowest BCUT2D eigenvalue weighted by Crippen LogP contribution is -2.17. The molecule has 2 amide bonds. The molecule has 2 N–H and O–H groups in total. The number of furan rings is 1. The fraction of sp³-hybridized carbons (Fsp3) is 0.130. The molecule has 0 aliphatic heterocycles. The number of carbonyl (C=O) groups is 2. The highest BCUT2D eigenvalue weighted by Gasteiger charge is 2.07. The summed E-state index contributed by atoms with van der Waals surface area (Å²) >= 11 is 0. The number of amides is 2. The van der Waals surface area contributed by atoms with Gasteiger partial charge in [-0.15, -0.1) is 0 Å². The second kappa shape index (κ2) is 8.86. The molecule has 0 saturated carbocycles. The molecule has 28 heavy (non-hydrogen) atoms. The molecule has 5 nitrogen and oxygen atoms in total. The lowest BCUT2D eigenvalue weighted by atomic mass is 10.2. The monoisotopic (exact) mass is 374 g/mol. The van der Waals surface area contributed by atoms with Crippen molar-refractivity contribution in [3.8, 4) is 11.3 Å². The van der Waals surface area contributed by atoms with E-state index in [4.69, 9.17) is 4.42 Å². The van der Waals surface area contributed by atoms with Crippen molar-refractivity contribution < 1.29 is 14.0 Å². The summed E-state index contributed by atoms with van der Waals surface area (Å²) in [4.78, 5) is 23.8. The number of hydrogen-bond acceptors (Lipinski definition) is 3. The number of benzene rings is 2. The van der Waals surface area contributed by atoms with E-state index in [9.17, 15) is 9.59 Å². The number of nitrogens with one attached hydrogen (secondary N) is 2. The largest absolute Gasteiger partial charge is 0.457 e. The lowest BCUT2D eigenvalue weighted by molar-refractivity contribution is -0.119. The molecule has 1 heterocycles. The molecule has 0 aliphatic carbocycles. The van der Waals surface area contributed by atoms with Crippen molar-refractivity contribution in [2.75, 3.05) is 10.6 Å². The van der Waals surface area contributed by atoms with Gasteiger partial charge in [0.2, 0.25) is 11.8 Å². The van der Waals surface area contributed by atoms with E-state index in [0.29, 0.717) is 17.1 Å². The molecule has 2 aromatic carbocycles. The number of anilines is 2. The van der Waals surface area contributed by atoms with Gasteiger partial charge in [0.05, 0.1) is 0 Å². The Balaban J connectivity index is 1.57. The lowest BCUT2D eigenvalue weighted by Gasteiger charge is -2.08. The SMILES string of the molecule is CC(C)C(=O)Nc1ccc(NC(=O)/C=C/c2ccc(-c3ccccc3)o2)cc1. The Morgan fingerprint density at radius 1 is 0.857 bits per heavy atom. The van der Waals surface area contributed by atoms with Crippen LogP contribution in [0.2, 0.25) is 0 Å². The van der Waals surface area contributed by atoms with Crippen LogP contribution in [0, 0.1) is 5.92 Å². The van der Waals surface area contributed by atoms with E-state index in [1.807, 2.05) is 56.3 Å². The topological polar surface area (TPSA) is 71.3 Å². The third-order valence-corrected chi connectivity index (χ3v) is 4.03. The molecule has 0 saturated heterocycles. The third-order valence-electron chi connectivity index (χ3n) is 4.03. The summed E-state index contributed by atoms with van der Waals surface area (Å²) in [5, 5.41) is 5.58. The van der Waals surface area contributed by atoms with Crippen LogP contribution in [0.1, 0.15) is 19.6 Å². The maximum absolute atomic E-state index is 12.1. The highest BCUT2D eigenvalue weighted by atomic mass is 16.3. The van der Waals surface area contributed by atoms with Crippen LogP contribution in [0.25, 0.3) is 17.4 Å². The first-order valence-electron chi connectivity index (χ1n) is 9.06. The van der Waals surface area contributed by atoms with Gasteiger partial charge in [0, 0.05) is 28.9 Å². The standard InChI is InChI=1S/C23H22N2O3/c1-16(2)23(27)25-19-10-8-18(9-11-19)24-22(26)15-13-20-12-14-21(28-20)17-6-4-3-5-7-17/h3-16H,1-2H3,(H,24,26)(H,25,27)/b15-13+. The molecule has 3 rings (SSSR count). The van der Waals surface area contributed by atoms with E-state index in [1.165, 1.54) is 6.08 Å². The van der Waals surface area contributed by atoms with Gasteiger partial charge in [0.1, 0.15) is 11.5 Å². The van der Waals surface area contributed by atoms with Gasteiger partial charge >= 0.3 is 0 Å². The maximum atomic E-state index is 12.1. The summed E-state index contributed by atoms with van der Waals surface area (Å²) in [6.07, 6.45) is 3.04. The minimum atomic E-state index is -0.267. The van der Waals surface area contributed by atoms with Gasteiger partial charge in [0.15, 0.2) is 0 Å². The van der Waals surface area contributed by atoms with Crippen LogP contribution in [0.3, 0.4) is 0 Å². The van der Waals surface area contributed by atoms with Crippen LogP contribution in [-0.2, 0) is 9.59 Å². The van der Waals surface area contributed by atoms with Crippen molar-refractivity contribution in [3.05, 3.63) is 78.6 Å². The van der Waals surface area contributed by atoms with Crippen LogP contribution in [-0.4, -0.2) is 11.8 Å². The first kappa shape index (κ1) is 19.2. The first-order valence-corrected chi connectivity index (χ1v) is 9.06. The third kappa shape index (κ3) is 5.20. The molecule has 0 aliphatic rings. The molecular weight excluding hydrogens is 352 g/mol. The highest BCUT2D eigenvalue weighted by molar-refractivity contribution is 6.02. The zero-order chi connectivity index (χ0) is 19.9. The predicted molar refractivity (Wildman–Crippen MR) is 112 cm³/mol. The zero-order valence-corrected chi connectivity index (χ0v) is 15.8. The summed E-state index contributed by atoms with van der Waals surface area (Å²) in [6, 6.07) is 20.4. The van der Waals surface area contributed by atoms with Crippen molar-refractivity contribution >= 4 is 29.3 Å².